The third-order valence-electron chi connectivity index (χ3n) is 9.96. The Labute approximate surface area is 329 Å². The average Bonchev–Trinajstić information content (AvgIpc) is 3.70. The van der Waals surface area contributed by atoms with E-state index in [1.165, 1.54) is 27.8 Å². The molecular formula is C47H50N4OPt. The quantitative estimate of drug-likeness (QED) is 0.150. The summed E-state index contributed by atoms with van der Waals surface area (Å²) in [6.07, 6.45) is 6.03. The van der Waals surface area contributed by atoms with Crippen molar-refractivity contribution < 1.29 is 25.8 Å². The second-order valence-electron chi connectivity index (χ2n) is 16.8. The van der Waals surface area contributed by atoms with Crippen LogP contribution in [0.5, 0.6) is 11.5 Å². The Morgan fingerprint density at radius 3 is 2.02 bits per heavy atom. The monoisotopic (exact) mass is 881 g/mol. The van der Waals surface area contributed by atoms with Crippen LogP contribution in [0.4, 0.5) is 0 Å². The van der Waals surface area contributed by atoms with E-state index in [4.69, 9.17) is 14.8 Å². The summed E-state index contributed by atoms with van der Waals surface area (Å²) in [7, 11) is 0. The first kappa shape index (κ1) is 38.3. The number of fused-ring (bicyclic) bond motifs is 3. The Morgan fingerprint density at radius 2 is 1.38 bits per heavy atom. The van der Waals surface area contributed by atoms with E-state index in [-0.39, 0.29) is 31.9 Å². The van der Waals surface area contributed by atoms with Crippen molar-refractivity contribution >= 4 is 21.8 Å². The number of ether oxygens (including phenoxy) is 1. The minimum atomic E-state index is -0.00967. The fourth-order valence-corrected chi connectivity index (χ4v) is 7.61. The molecule has 53 heavy (non-hydrogen) atoms. The van der Waals surface area contributed by atoms with Crippen LogP contribution in [0.2, 0.25) is 0 Å². The number of aromatic nitrogens is 4. The molecule has 274 valence electrons. The summed E-state index contributed by atoms with van der Waals surface area (Å²) in [6, 6.07) is 32.1. The Balaban J connectivity index is 0.00000481. The number of hydrogen-bond acceptors (Lipinski definition) is 3. The molecule has 0 radical (unpaired) electrons. The molecule has 0 bridgehead atoms. The molecule has 0 spiro atoms. The van der Waals surface area contributed by atoms with Gasteiger partial charge >= 0.3 is 21.1 Å². The van der Waals surface area contributed by atoms with Crippen molar-refractivity contribution in [2.75, 3.05) is 0 Å². The molecule has 6 heteroatoms. The van der Waals surface area contributed by atoms with Crippen molar-refractivity contribution in [3.63, 3.8) is 0 Å². The predicted octanol–water partition coefficient (Wildman–Crippen LogP) is 12.6. The molecule has 0 N–H and O–H groups in total. The van der Waals surface area contributed by atoms with Crippen molar-refractivity contribution in [1.82, 2.24) is 19.3 Å². The van der Waals surface area contributed by atoms with Gasteiger partial charge < -0.3 is 9.30 Å². The maximum Gasteiger partial charge on any atom is 2.00 e. The van der Waals surface area contributed by atoms with E-state index in [0.717, 1.165) is 44.4 Å². The van der Waals surface area contributed by atoms with E-state index in [2.05, 4.69) is 142 Å². The zero-order valence-electron chi connectivity index (χ0n) is 32.8. The summed E-state index contributed by atoms with van der Waals surface area (Å²) in [5, 5.41) is 7.17. The Bertz CT molecular complexity index is 2390. The first-order valence-corrected chi connectivity index (χ1v) is 18.5. The van der Waals surface area contributed by atoms with Gasteiger partial charge in [0.2, 0.25) is 0 Å². The molecule has 3 aromatic heterocycles. The zero-order valence-corrected chi connectivity index (χ0v) is 35.1. The third kappa shape index (κ3) is 7.26. The van der Waals surface area contributed by atoms with Crippen LogP contribution in [0.15, 0.2) is 91.4 Å². The van der Waals surface area contributed by atoms with Gasteiger partial charge in [-0.25, -0.2) is 4.98 Å². The van der Waals surface area contributed by atoms with Crippen LogP contribution in [0.3, 0.4) is 0 Å². The van der Waals surface area contributed by atoms with Crippen molar-refractivity contribution in [2.24, 2.45) is 0 Å². The molecule has 0 aliphatic carbocycles. The fraction of sp³-hybridized carbons (Fsp3) is 0.319. The molecule has 7 rings (SSSR count). The first-order chi connectivity index (χ1) is 24.6. The number of para-hydroxylation sites is 1. The summed E-state index contributed by atoms with van der Waals surface area (Å²) >= 11 is 0. The second kappa shape index (κ2) is 14.4. The van der Waals surface area contributed by atoms with Crippen LogP contribution < -0.4 is 4.74 Å². The van der Waals surface area contributed by atoms with Gasteiger partial charge in [-0.2, -0.15) is 17.2 Å². The van der Waals surface area contributed by atoms with E-state index >= 15 is 0 Å². The van der Waals surface area contributed by atoms with Crippen molar-refractivity contribution in [3.05, 3.63) is 131 Å². The van der Waals surface area contributed by atoms with Crippen LogP contribution in [-0.4, -0.2) is 19.3 Å². The molecule has 3 heterocycles. The van der Waals surface area contributed by atoms with Gasteiger partial charge in [-0.1, -0.05) is 99.0 Å². The van der Waals surface area contributed by atoms with Gasteiger partial charge in [-0.05, 0) is 92.2 Å². The Hall–Kier alpha value is -4.47. The summed E-state index contributed by atoms with van der Waals surface area (Å²) in [6.45, 7) is 25.3. The van der Waals surface area contributed by atoms with E-state index in [0.29, 0.717) is 23.3 Å². The van der Waals surface area contributed by atoms with Gasteiger partial charge in [-0.15, -0.1) is 35.7 Å². The number of hydrogen-bond donors (Lipinski definition) is 0. The number of nitrogens with zero attached hydrogens (tertiary/aromatic N) is 4. The molecule has 5 nitrogen and oxygen atoms in total. The van der Waals surface area contributed by atoms with Gasteiger partial charge in [0.1, 0.15) is 5.82 Å². The summed E-state index contributed by atoms with van der Waals surface area (Å²) < 4.78 is 10.6. The van der Waals surface area contributed by atoms with E-state index in [1.807, 2.05) is 47.4 Å². The van der Waals surface area contributed by atoms with Crippen molar-refractivity contribution in [2.45, 2.75) is 98.8 Å². The van der Waals surface area contributed by atoms with Crippen molar-refractivity contribution in [3.8, 4) is 34.1 Å². The summed E-state index contributed by atoms with van der Waals surface area (Å²) in [5.41, 5.74) is 12.0. The SMILES string of the molecule is Cc1ccnc(-n2c3[c-]c(Oc4[c-]c(-n5cc(-c6c(C(C)C)c(C(C)(C)C)cc(C(C)(C)C)c6C(C)C)cn5)ccc4)ccc3c3ccccc32)c1.[Pt+2]. The van der Waals surface area contributed by atoms with Crippen LogP contribution >= 0.6 is 0 Å². The third-order valence-corrected chi connectivity index (χ3v) is 9.96. The minimum absolute atomic E-state index is 0. The van der Waals surface area contributed by atoms with Gasteiger partial charge in [0, 0.05) is 35.0 Å². The number of rotatable bonds is 7. The average molecular weight is 882 g/mol. The molecule has 0 aliphatic rings. The van der Waals surface area contributed by atoms with Crippen LogP contribution in [0, 0.1) is 19.1 Å². The normalized spacial score (nSPS) is 12.2. The molecule has 0 amide bonds. The minimum Gasteiger partial charge on any atom is -0.509 e. The van der Waals surface area contributed by atoms with E-state index < -0.39 is 0 Å². The molecule has 7 aromatic rings. The molecular weight excluding hydrogens is 832 g/mol. The van der Waals surface area contributed by atoms with Crippen LogP contribution in [0.1, 0.15) is 109 Å². The molecule has 0 aliphatic heterocycles. The molecule has 0 unspecified atom stereocenters. The van der Waals surface area contributed by atoms with Gasteiger partial charge in [0.15, 0.2) is 0 Å². The molecule has 0 atom stereocenters. The molecule has 4 aromatic carbocycles. The van der Waals surface area contributed by atoms with Crippen LogP contribution in [0.25, 0.3) is 44.4 Å². The van der Waals surface area contributed by atoms with Gasteiger partial charge in [0.25, 0.3) is 0 Å². The Morgan fingerprint density at radius 1 is 0.717 bits per heavy atom. The summed E-state index contributed by atoms with van der Waals surface area (Å²) in [4.78, 5) is 4.71. The first-order valence-electron chi connectivity index (χ1n) is 18.5. The van der Waals surface area contributed by atoms with Gasteiger partial charge in [-0.3, -0.25) is 4.68 Å². The van der Waals surface area contributed by atoms with E-state index in [1.54, 1.807) is 0 Å². The smallest absolute Gasteiger partial charge is 0.509 e. The summed E-state index contributed by atoms with van der Waals surface area (Å²) in [5.74, 6) is 2.74. The van der Waals surface area contributed by atoms with Crippen LogP contribution in [-0.2, 0) is 31.9 Å². The van der Waals surface area contributed by atoms with E-state index in [9.17, 15) is 0 Å². The number of aryl methyl sites for hydroxylation is 1. The second-order valence-corrected chi connectivity index (χ2v) is 16.8. The topological polar surface area (TPSA) is 44.9 Å². The van der Waals surface area contributed by atoms with Crippen molar-refractivity contribution in [1.29, 1.82) is 0 Å². The fourth-order valence-electron chi connectivity index (χ4n) is 7.61. The maximum atomic E-state index is 6.47. The number of pyridine rings is 1. The zero-order chi connectivity index (χ0) is 37.1. The number of benzene rings is 4. The maximum absolute atomic E-state index is 6.47. The molecule has 0 saturated heterocycles. The molecule has 0 fully saturated rings. The standard InChI is InChI=1S/C47H50N4O.Pt/c1-29(2)43-38(46(6,7)8)26-39(47(9,10)11)44(30(3)4)45(43)32-27-49-50(28-32)33-15-14-16-34(24-33)52-35-19-20-37-36-17-12-13-18-40(36)51(41(37)25-35)42-23-31(5)21-22-48-42;/h12-23,26-30H,1-11H3;/q-2;+2. The molecule has 0 saturated carbocycles. The predicted molar refractivity (Wildman–Crippen MR) is 216 cm³/mol. The van der Waals surface area contributed by atoms with Gasteiger partial charge in [0.05, 0.1) is 6.20 Å². The largest absolute Gasteiger partial charge is 2.00 e. The Kier molecular flexibility index (Phi) is 10.4.